The van der Waals surface area contributed by atoms with Crippen molar-refractivity contribution in [3.63, 3.8) is 0 Å². The molecule has 2 atom stereocenters. The first-order valence-electron chi connectivity index (χ1n) is 4.92. The van der Waals surface area contributed by atoms with Gasteiger partial charge in [-0.15, -0.1) is 0 Å². The summed E-state index contributed by atoms with van der Waals surface area (Å²) in [5.41, 5.74) is 6.50. The van der Waals surface area contributed by atoms with Crippen LogP contribution in [0, 0.1) is 5.92 Å². The number of aliphatic hydroxyl groups is 1. The summed E-state index contributed by atoms with van der Waals surface area (Å²) in [4.78, 5) is 0. The molecule has 1 aromatic carbocycles. The van der Waals surface area contributed by atoms with Gasteiger partial charge >= 0.3 is 0 Å². The van der Waals surface area contributed by atoms with Crippen molar-refractivity contribution in [2.24, 2.45) is 11.7 Å². The van der Waals surface area contributed by atoms with Crippen LogP contribution in [0.1, 0.15) is 25.5 Å². The van der Waals surface area contributed by atoms with Crippen molar-refractivity contribution in [3.8, 4) is 0 Å². The van der Waals surface area contributed by atoms with Crippen molar-refractivity contribution in [1.82, 2.24) is 0 Å². The van der Waals surface area contributed by atoms with Gasteiger partial charge in [-0.2, -0.15) is 0 Å². The van der Waals surface area contributed by atoms with Crippen LogP contribution < -0.4 is 5.73 Å². The summed E-state index contributed by atoms with van der Waals surface area (Å²) in [6.07, 6.45) is -0.688. The molecule has 1 rings (SSSR count). The topological polar surface area (TPSA) is 46.2 Å². The van der Waals surface area contributed by atoms with Gasteiger partial charge in [-0.3, -0.25) is 0 Å². The summed E-state index contributed by atoms with van der Waals surface area (Å²) < 4.78 is 0. The van der Waals surface area contributed by atoms with E-state index in [2.05, 4.69) is 0 Å². The fourth-order valence-electron chi connectivity index (χ4n) is 1.42. The summed E-state index contributed by atoms with van der Waals surface area (Å²) in [6, 6.07) is 2.58. The maximum absolute atomic E-state index is 9.88. The van der Waals surface area contributed by atoms with E-state index in [1.54, 1.807) is 12.1 Å². The first-order chi connectivity index (χ1) is 7.34. The van der Waals surface area contributed by atoms with Crippen molar-refractivity contribution >= 4 is 34.8 Å². The molecule has 0 aromatic heterocycles. The highest BCUT2D eigenvalue weighted by atomic mass is 35.5. The fraction of sp³-hybridized carbons (Fsp3) is 0.455. The largest absolute Gasteiger partial charge is 0.391 e. The Hall–Kier alpha value is 0.01000. The molecule has 0 saturated carbocycles. The maximum Gasteiger partial charge on any atom is 0.0756 e. The van der Waals surface area contributed by atoms with Crippen molar-refractivity contribution < 1.29 is 5.11 Å². The second-order valence-electron chi connectivity index (χ2n) is 4.05. The van der Waals surface area contributed by atoms with E-state index in [9.17, 15) is 5.11 Å². The van der Waals surface area contributed by atoms with Gasteiger partial charge in [-0.25, -0.2) is 0 Å². The van der Waals surface area contributed by atoms with Crippen LogP contribution in [0.4, 0.5) is 0 Å². The highest BCUT2D eigenvalue weighted by molar-refractivity contribution is 6.43. The average molecular weight is 283 g/mol. The second kappa shape index (κ2) is 5.56. The zero-order valence-corrected chi connectivity index (χ0v) is 11.3. The molecule has 3 N–H and O–H groups in total. The molecule has 90 valence electrons. The molecule has 0 aliphatic heterocycles. The highest BCUT2D eigenvalue weighted by Crippen LogP contribution is 2.34. The van der Waals surface area contributed by atoms with E-state index in [0.717, 1.165) is 0 Å². The third-order valence-electron chi connectivity index (χ3n) is 2.43. The lowest BCUT2D eigenvalue weighted by atomic mass is 9.94. The zero-order chi connectivity index (χ0) is 12.5. The predicted molar refractivity (Wildman–Crippen MR) is 69.2 cm³/mol. The van der Waals surface area contributed by atoms with Gasteiger partial charge in [0.25, 0.3) is 0 Å². The van der Waals surface area contributed by atoms with E-state index in [1.807, 2.05) is 13.8 Å². The molecular weight excluding hydrogens is 268 g/mol. The molecule has 0 spiro atoms. The van der Waals surface area contributed by atoms with Gasteiger partial charge in [0.15, 0.2) is 0 Å². The third kappa shape index (κ3) is 3.02. The molecule has 0 fully saturated rings. The monoisotopic (exact) mass is 281 g/mol. The number of hydrogen-bond donors (Lipinski definition) is 2. The number of halogens is 3. The predicted octanol–water partition coefficient (Wildman–Crippen LogP) is 3.66. The van der Waals surface area contributed by atoms with Crippen LogP contribution in [0.2, 0.25) is 15.1 Å². The van der Waals surface area contributed by atoms with Gasteiger partial charge < -0.3 is 10.8 Å². The summed E-state index contributed by atoms with van der Waals surface area (Å²) in [5, 5.41) is 11.0. The molecule has 2 nitrogen and oxygen atoms in total. The van der Waals surface area contributed by atoms with Crippen LogP contribution in [-0.2, 0) is 0 Å². The Morgan fingerprint density at radius 2 is 1.75 bits per heavy atom. The molecule has 0 saturated heterocycles. The van der Waals surface area contributed by atoms with Crippen LogP contribution in [-0.4, -0.2) is 11.2 Å². The van der Waals surface area contributed by atoms with Gasteiger partial charge in [0.1, 0.15) is 0 Å². The van der Waals surface area contributed by atoms with E-state index >= 15 is 0 Å². The Morgan fingerprint density at radius 1 is 1.19 bits per heavy atom. The van der Waals surface area contributed by atoms with Crippen LogP contribution in [0.3, 0.4) is 0 Å². The second-order valence-corrected chi connectivity index (χ2v) is 5.27. The van der Waals surface area contributed by atoms with Crippen LogP contribution in [0.5, 0.6) is 0 Å². The third-order valence-corrected chi connectivity index (χ3v) is 3.47. The number of rotatable bonds is 3. The van der Waals surface area contributed by atoms with Crippen molar-refractivity contribution in [2.45, 2.75) is 26.0 Å². The van der Waals surface area contributed by atoms with Gasteiger partial charge in [0.05, 0.1) is 22.2 Å². The van der Waals surface area contributed by atoms with E-state index < -0.39 is 12.1 Å². The molecule has 0 aliphatic carbocycles. The summed E-state index contributed by atoms with van der Waals surface area (Å²) in [5.74, 6) is 0.0313. The van der Waals surface area contributed by atoms with Crippen LogP contribution in [0.15, 0.2) is 12.1 Å². The molecule has 0 radical (unpaired) electrons. The molecule has 16 heavy (non-hydrogen) atoms. The Kier molecular flexibility index (Phi) is 4.89. The van der Waals surface area contributed by atoms with Crippen LogP contribution >= 0.6 is 34.8 Å². The van der Waals surface area contributed by atoms with Crippen molar-refractivity contribution in [1.29, 1.82) is 0 Å². The molecule has 1 aromatic rings. The normalized spacial score (nSPS) is 15.2. The molecule has 0 bridgehead atoms. The molecule has 0 amide bonds. The molecule has 5 heteroatoms. The van der Waals surface area contributed by atoms with E-state index in [-0.39, 0.29) is 5.92 Å². The SMILES string of the molecule is CC(C)[C@@H](O)[C@@H](N)c1cc(Cl)cc(Cl)c1Cl. The Morgan fingerprint density at radius 3 is 2.25 bits per heavy atom. The maximum atomic E-state index is 9.88. The first kappa shape index (κ1) is 14.1. The van der Waals surface area contributed by atoms with Gasteiger partial charge in [-0.05, 0) is 23.6 Å². The van der Waals surface area contributed by atoms with E-state index in [4.69, 9.17) is 40.5 Å². The first-order valence-corrected chi connectivity index (χ1v) is 6.06. The summed E-state index contributed by atoms with van der Waals surface area (Å²) in [7, 11) is 0. The molecule has 0 aliphatic rings. The van der Waals surface area contributed by atoms with Gasteiger partial charge in [0.2, 0.25) is 0 Å². The molecule has 0 heterocycles. The lowest BCUT2D eigenvalue weighted by molar-refractivity contribution is 0.0980. The van der Waals surface area contributed by atoms with Crippen LogP contribution in [0.25, 0.3) is 0 Å². The summed E-state index contributed by atoms with van der Waals surface area (Å²) >= 11 is 17.8. The van der Waals surface area contributed by atoms with E-state index in [1.165, 1.54) is 0 Å². The van der Waals surface area contributed by atoms with Crippen molar-refractivity contribution in [3.05, 3.63) is 32.8 Å². The quantitative estimate of drug-likeness (QED) is 0.831. The Balaban J connectivity index is 3.13. The van der Waals surface area contributed by atoms with E-state index in [0.29, 0.717) is 20.6 Å². The molecular formula is C11H14Cl3NO. The number of benzene rings is 1. The Bertz CT molecular complexity index is 382. The minimum Gasteiger partial charge on any atom is -0.391 e. The lowest BCUT2D eigenvalue weighted by Gasteiger charge is -2.23. The zero-order valence-electron chi connectivity index (χ0n) is 9.05. The molecule has 0 unspecified atom stereocenters. The summed E-state index contributed by atoms with van der Waals surface area (Å²) in [6.45, 7) is 3.76. The lowest BCUT2D eigenvalue weighted by Crippen LogP contribution is -2.30. The number of aliphatic hydroxyl groups excluding tert-OH is 1. The smallest absolute Gasteiger partial charge is 0.0756 e. The van der Waals surface area contributed by atoms with Gasteiger partial charge in [0, 0.05) is 5.02 Å². The Labute approximate surface area is 110 Å². The number of nitrogens with two attached hydrogens (primary N) is 1. The average Bonchev–Trinajstić information content (AvgIpc) is 2.21. The minimum absolute atomic E-state index is 0.0313. The van der Waals surface area contributed by atoms with Gasteiger partial charge in [-0.1, -0.05) is 48.7 Å². The van der Waals surface area contributed by atoms with Crippen molar-refractivity contribution in [2.75, 3.05) is 0 Å². The fourth-order valence-corrected chi connectivity index (χ4v) is 2.16. The highest BCUT2D eigenvalue weighted by Gasteiger charge is 2.23. The standard InChI is InChI=1S/C11H14Cl3NO/c1-5(2)11(16)10(15)7-3-6(12)4-8(13)9(7)14/h3-5,10-11,16H,15H2,1-2H3/t10-,11+/m0/s1. The number of hydrogen-bond acceptors (Lipinski definition) is 2. The minimum atomic E-state index is -0.688.